The van der Waals surface area contributed by atoms with Gasteiger partial charge < -0.3 is 4.74 Å². The summed E-state index contributed by atoms with van der Waals surface area (Å²) in [7, 11) is 0. The molecule has 9 heteroatoms. The van der Waals surface area contributed by atoms with Crippen molar-refractivity contribution in [3.8, 4) is 5.75 Å². The van der Waals surface area contributed by atoms with Crippen molar-refractivity contribution in [2.24, 2.45) is 0 Å². The van der Waals surface area contributed by atoms with E-state index in [1.54, 1.807) is 60.1 Å². The van der Waals surface area contributed by atoms with Gasteiger partial charge >= 0.3 is 0 Å². The standard InChI is InChI=1S/C20H17ClN4O3S/c1-13(19(27)14-5-3-2-4-6-14)24-18(26)12-29-20-23-22-17(25(20)24)11-28-16-9-7-15(21)8-10-16/h2-10,13H,11-12H2,1H3. The summed E-state index contributed by atoms with van der Waals surface area (Å²) < 4.78 is 7.35. The molecule has 1 aromatic heterocycles. The molecule has 0 bridgehead atoms. The summed E-state index contributed by atoms with van der Waals surface area (Å²) in [5.41, 5.74) is 0.541. The van der Waals surface area contributed by atoms with Gasteiger partial charge in [-0.15, -0.1) is 10.2 Å². The Morgan fingerprint density at radius 3 is 2.62 bits per heavy atom. The molecular weight excluding hydrogens is 412 g/mol. The highest BCUT2D eigenvalue weighted by atomic mass is 35.5. The number of ketones is 1. The number of aromatic nitrogens is 3. The number of thioether (sulfide) groups is 1. The maximum absolute atomic E-state index is 12.9. The highest BCUT2D eigenvalue weighted by Gasteiger charge is 2.35. The lowest BCUT2D eigenvalue weighted by Gasteiger charge is -2.33. The Balaban J connectivity index is 1.60. The van der Waals surface area contributed by atoms with E-state index in [2.05, 4.69) is 10.2 Å². The van der Waals surface area contributed by atoms with Gasteiger partial charge in [0.05, 0.1) is 5.75 Å². The van der Waals surface area contributed by atoms with E-state index in [-0.39, 0.29) is 24.1 Å². The van der Waals surface area contributed by atoms with Crippen LogP contribution < -0.4 is 9.75 Å². The summed E-state index contributed by atoms with van der Waals surface area (Å²) in [6.45, 7) is 1.79. The Morgan fingerprint density at radius 1 is 1.17 bits per heavy atom. The van der Waals surface area contributed by atoms with E-state index >= 15 is 0 Å². The zero-order valence-electron chi connectivity index (χ0n) is 15.5. The Hall–Kier alpha value is -2.84. The highest BCUT2D eigenvalue weighted by Crippen LogP contribution is 2.26. The first-order valence-corrected chi connectivity index (χ1v) is 10.3. The fourth-order valence-electron chi connectivity index (χ4n) is 3.02. The molecule has 1 amide bonds. The Kier molecular flexibility index (Phi) is 5.55. The van der Waals surface area contributed by atoms with E-state index < -0.39 is 6.04 Å². The average molecular weight is 429 g/mol. The van der Waals surface area contributed by atoms with Crippen molar-refractivity contribution < 1.29 is 14.3 Å². The maximum atomic E-state index is 12.9. The predicted molar refractivity (Wildman–Crippen MR) is 110 cm³/mol. The molecule has 29 heavy (non-hydrogen) atoms. The van der Waals surface area contributed by atoms with Crippen LogP contribution in [0.3, 0.4) is 0 Å². The fourth-order valence-corrected chi connectivity index (χ4v) is 3.94. The first-order chi connectivity index (χ1) is 14.0. The van der Waals surface area contributed by atoms with Crippen LogP contribution in [0.25, 0.3) is 0 Å². The molecule has 0 saturated carbocycles. The number of benzene rings is 2. The first kappa shape index (κ1) is 19.5. The van der Waals surface area contributed by atoms with Crippen LogP contribution in [-0.2, 0) is 11.4 Å². The first-order valence-electron chi connectivity index (χ1n) is 8.91. The largest absolute Gasteiger partial charge is 0.486 e. The van der Waals surface area contributed by atoms with Gasteiger partial charge in [-0.1, -0.05) is 53.7 Å². The van der Waals surface area contributed by atoms with Crippen LogP contribution in [0.5, 0.6) is 5.75 Å². The SMILES string of the molecule is CC(C(=O)c1ccccc1)N1C(=O)CSc2nnc(COc3ccc(Cl)cc3)n21. The van der Waals surface area contributed by atoms with Crippen molar-refractivity contribution in [1.29, 1.82) is 0 Å². The molecule has 2 aromatic carbocycles. The molecule has 0 aliphatic carbocycles. The number of hydrogen-bond acceptors (Lipinski definition) is 6. The van der Waals surface area contributed by atoms with Gasteiger partial charge in [0, 0.05) is 10.6 Å². The quantitative estimate of drug-likeness (QED) is 0.560. The monoisotopic (exact) mass is 428 g/mol. The number of carbonyl (C=O) groups excluding carboxylic acids is 2. The van der Waals surface area contributed by atoms with Crippen LogP contribution in [0.4, 0.5) is 0 Å². The molecule has 0 radical (unpaired) electrons. The lowest BCUT2D eigenvalue weighted by atomic mass is 10.1. The van der Waals surface area contributed by atoms with Crippen LogP contribution in [-0.4, -0.2) is 38.4 Å². The van der Waals surface area contributed by atoms with Crippen LogP contribution in [0, 0.1) is 0 Å². The van der Waals surface area contributed by atoms with E-state index in [0.29, 0.717) is 27.3 Å². The number of nitrogens with zero attached hydrogens (tertiary/aromatic N) is 4. The van der Waals surface area contributed by atoms with Gasteiger partial charge in [0.1, 0.15) is 18.4 Å². The van der Waals surface area contributed by atoms with E-state index in [0.717, 1.165) is 0 Å². The minimum absolute atomic E-state index is 0.0885. The normalized spacial score (nSPS) is 14.4. The van der Waals surface area contributed by atoms with E-state index in [9.17, 15) is 9.59 Å². The topological polar surface area (TPSA) is 77.3 Å². The van der Waals surface area contributed by atoms with Gasteiger partial charge in [-0.2, -0.15) is 0 Å². The van der Waals surface area contributed by atoms with Crippen LogP contribution >= 0.6 is 23.4 Å². The molecular formula is C20H17ClN4O3S. The zero-order valence-corrected chi connectivity index (χ0v) is 17.1. The second-order valence-corrected chi connectivity index (χ2v) is 7.77. The summed E-state index contributed by atoms with van der Waals surface area (Å²) in [5.74, 6) is 0.898. The number of carbonyl (C=O) groups is 2. The van der Waals surface area contributed by atoms with Crippen molar-refractivity contribution >= 4 is 35.1 Å². The summed E-state index contributed by atoms with van der Waals surface area (Å²) in [6.07, 6.45) is 0. The van der Waals surface area contributed by atoms with Crippen molar-refractivity contribution in [1.82, 2.24) is 14.9 Å². The molecule has 1 aliphatic rings. The Labute approximate surface area is 176 Å². The number of rotatable bonds is 6. The van der Waals surface area contributed by atoms with Crippen LogP contribution in [0.1, 0.15) is 23.1 Å². The number of ether oxygens (including phenoxy) is 1. The second kappa shape index (κ2) is 8.26. The lowest BCUT2D eigenvalue weighted by molar-refractivity contribution is -0.118. The third kappa shape index (κ3) is 3.99. The third-order valence-corrected chi connectivity index (χ3v) is 5.61. The molecule has 148 valence electrons. The second-order valence-electron chi connectivity index (χ2n) is 6.39. The minimum Gasteiger partial charge on any atom is -0.486 e. The van der Waals surface area contributed by atoms with Crippen LogP contribution in [0.15, 0.2) is 59.8 Å². The van der Waals surface area contributed by atoms with Crippen molar-refractivity contribution in [3.05, 3.63) is 71.0 Å². The van der Waals surface area contributed by atoms with E-state index in [4.69, 9.17) is 16.3 Å². The number of halogens is 1. The van der Waals surface area contributed by atoms with E-state index in [1.165, 1.54) is 16.8 Å². The molecule has 3 aromatic rings. The average Bonchev–Trinajstić information content (AvgIpc) is 3.16. The number of Topliss-reactive ketones (excluding diaryl/α,β-unsaturated/α-hetero) is 1. The number of amides is 1. The zero-order chi connectivity index (χ0) is 20.4. The van der Waals surface area contributed by atoms with Crippen molar-refractivity contribution in [2.75, 3.05) is 10.8 Å². The molecule has 0 saturated heterocycles. The smallest absolute Gasteiger partial charge is 0.252 e. The van der Waals surface area contributed by atoms with Gasteiger partial charge in [0.25, 0.3) is 5.91 Å². The molecule has 0 spiro atoms. The van der Waals surface area contributed by atoms with E-state index in [1.807, 2.05) is 6.07 Å². The van der Waals surface area contributed by atoms with Gasteiger partial charge in [0.15, 0.2) is 11.6 Å². The number of fused-ring (bicyclic) bond motifs is 1. The summed E-state index contributed by atoms with van der Waals surface area (Å²) >= 11 is 7.18. The molecule has 0 N–H and O–H groups in total. The predicted octanol–water partition coefficient (Wildman–Crippen LogP) is 3.35. The molecule has 4 rings (SSSR count). The summed E-state index contributed by atoms with van der Waals surface area (Å²) in [6, 6.07) is 15.1. The Morgan fingerprint density at radius 2 is 1.90 bits per heavy atom. The van der Waals surface area contributed by atoms with Gasteiger partial charge in [-0.3, -0.25) is 9.59 Å². The highest BCUT2D eigenvalue weighted by molar-refractivity contribution is 7.99. The molecule has 1 aliphatic heterocycles. The van der Waals surface area contributed by atoms with Gasteiger partial charge in [-0.25, -0.2) is 9.69 Å². The Bertz CT molecular complexity index is 1040. The molecule has 7 nitrogen and oxygen atoms in total. The van der Waals surface area contributed by atoms with Crippen molar-refractivity contribution in [3.63, 3.8) is 0 Å². The van der Waals surface area contributed by atoms with Gasteiger partial charge in [-0.05, 0) is 31.2 Å². The van der Waals surface area contributed by atoms with Crippen molar-refractivity contribution in [2.45, 2.75) is 24.7 Å². The minimum atomic E-state index is -0.713. The molecule has 0 fully saturated rings. The lowest BCUT2D eigenvalue weighted by Crippen LogP contribution is -2.54. The summed E-state index contributed by atoms with van der Waals surface area (Å²) in [4.78, 5) is 25.7. The molecule has 1 unspecified atom stereocenters. The maximum Gasteiger partial charge on any atom is 0.252 e. The number of hydrogen-bond donors (Lipinski definition) is 0. The van der Waals surface area contributed by atoms with Gasteiger partial charge in [0.2, 0.25) is 5.16 Å². The fraction of sp³-hybridized carbons (Fsp3) is 0.200. The van der Waals surface area contributed by atoms with Crippen LogP contribution in [0.2, 0.25) is 5.02 Å². The third-order valence-electron chi connectivity index (χ3n) is 4.46. The summed E-state index contributed by atoms with van der Waals surface area (Å²) in [5, 5.41) is 10.9. The molecule has 2 heterocycles. The molecule has 1 atom stereocenters.